The number of carbonyl (C=O) groups excluding carboxylic acids is 1. The van der Waals surface area contributed by atoms with E-state index in [0.717, 1.165) is 34.2 Å². The van der Waals surface area contributed by atoms with Gasteiger partial charge in [0, 0.05) is 30.9 Å². The quantitative estimate of drug-likeness (QED) is 0.673. The molecule has 0 bridgehead atoms. The van der Waals surface area contributed by atoms with Gasteiger partial charge in [-0.3, -0.25) is 4.79 Å². The number of benzene rings is 1. The van der Waals surface area contributed by atoms with E-state index in [-0.39, 0.29) is 17.7 Å². The van der Waals surface area contributed by atoms with Crippen LogP contribution in [0.15, 0.2) is 30.5 Å². The van der Waals surface area contributed by atoms with Gasteiger partial charge >= 0.3 is 0 Å². The Bertz CT molecular complexity index is 1090. The lowest BCUT2D eigenvalue weighted by molar-refractivity contribution is 0.0940. The second kappa shape index (κ2) is 8.35. The van der Waals surface area contributed by atoms with Crippen LogP contribution in [0.2, 0.25) is 0 Å². The highest BCUT2D eigenvalue weighted by Gasteiger charge is 2.26. The van der Waals surface area contributed by atoms with Crippen molar-refractivity contribution in [2.75, 3.05) is 25.1 Å². The minimum atomic E-state index is -0.496. The lowest BCUT2D eigenvalue weighted by Gasteiger charge is -2.17. The fourth-order valence-corrected chi connectivity index (χ4v) is 4.42. The fourth-order valence-electron chi connectivity index (χ4n) is 3.53. The molecule has 1 N–H and O–H groups in total. The summed E-state index contributed by atoms with van der Waals surface area (Å²) in [7, 11) is 1.37. The molecule has 1 aromatic carbocycles. The van der Waals surface area contributed by atoms with E-state index in [4.69, 9.17) is 9.72 Å². The average molecular weight is 428 g/mol. The van der Waals surface area contributed by atoms with Crippen molar-refractivity contribution in [3.63, 3.8) is 0 Å². The molecule has 0 aliphatic carbocycles. The molecule has 0 saturated carbocycles. The number of halogens is 1. The van der Waals surface area contributed by atoms with E-state index in [1.807, 2.05) is 19.9 Å². The molecule has 4 rings (SSSR count). The van der Waals surface area contributed by atoms with E-state index < -0.39 is 5.82 Å². The summed E-state index contributed by atoms with van der Waals surface area (Å²) < 4.78 is 18.5. The number of rotatable bonds is 5. The van der Waals surface area contributed by atoms with Gasteiger partial charge in [0.05, 0.1) is 28.4 Å². The second-order valence-electron chi connectivity index (χ2n) is 7.14. The first-order valence-electron chi connectivity index (χ1n) is 9.61. The Balaban J connectivity index is 1.44. The molecule has 1 saturated heterocycles. The Labute approximate surface area is 178 Å². The third-order valence-corrected chi connectivity index (χ3v) is 6.09. The van der Waals surface area contributed by atoms with E-state index in [2.05, 4.69) is 20.2 Å². The first-order chi connectivity index (χ1) is 14.4. The van der Waals surface area contributed by atoms with Crippen molar-refractivity contribution in [3.05, 3.63) is 52.5 Å². The molecule has 2 aromatic heterocycles. The molecule has 0 spiro atoms. The summed E-state index contributed by atoms with van der Waals surface area (Å²) in [5.74, 6) is -0.0669. The highest BCUT2D eigenvalue weighted by Crippen LogP contribution is 2.29. The zero-order valence-electron chi connectivity index (χ0n) is 17.0. The Morgan fingerprint density at radius 1 is 1.30 bits per heavy atom. The van der Waals surface area contributed by atoms with Gasteiger partial charge in [-0.25, -0.2) is 19.3 Å². The number of amides is 1. The Morgan fingerprint density at radius 3 is 2.87 bits per heavy atom. The maximum atomic E-state index is 13.6. The first-order valence-corrected chi connectivity index (χ1v) is 10.4. The third-order valence-electron chi connectivity index (χ3n) is 5.00. The maximum absolute atomic E-state index is 13.6. The molecule has 156 valence electrons. The van der Waals surface area contributed by atoms with Crippen molar-refractivity contribution < 1.29 is 13.9 Å². The van der Waals surface area contributed by atoms with Crippen molar-refractivity contribution in [2.24, 2.45) is 0 Å². The van der Waals surface area contributed by atoms with Gasteiger partial charge in [0.2, 0.25) is 5.95 Å². The molecular weight excluding hydrogens is 405 g/mol. The minimum Gasteiger partial charge on any atom is -0.494 e. The Morgan fingerprint density at radius 2 is 2.13 bits per heavy atom. The van der Waals surface area contributed by atoms with Crippen LogP contribution in [0.25, 0.3) is 10.6 Å². The predicted octanol–water partition coefficient (Wildman–Crippen LogP) is 3.37. The number of thiazole rings is 1. The molecule has 1 amide bonds. The van der Waals surface area contributed by atoms with E-state index >= 15 is 0 Å². The van der Waals surface area contributed by atoms with E-state index in [9.17, 15) is 9.18 Å². The number of hydrogen-bond acceptors (Lipinski definition) is 7. The summed E-state index contributed by atoms with van der Waals surface area (Å²) in [5, 5.41) is 4.01. The number of hydrogen-bond donors (Lipinski definition) is 1. The highest BCUT2D eigenvalue weighted by atomic mass is 32.1. The Hall–Kier alpha value is -3.07. The van der Waals surface area contributed by atoms with Crippen molar-refractivity contribution >= 4 is 23.2 Å². The molecule has 9 heteroatoms. The van der Waals surface area contributed by atoms with Gasteiger partial charge < -0.3 is 15.0 Å². The fraction of sp³-hybridized carbons (Fsp3) is 0.333. The van der Waals surface area contributed by atoms with Crippen LogP contribution >= 0.6 is 11.3 Å². The molecule has 3 heterocycles. The Kier molecular flexibility index (Phi) is 5.63. The molecule has 1 aliphatic heterocycles. The number of ether oxygens (including phenoxy) is 1. The number of nitrogens with one attached hydrogen (secondary N) is 1. The molecule has 1 aliphatic rings. The van der Waals surface area contributed by atoms with Crippen LogP contribution in [0.1, 0.15) is 27.5 Å². The summed E-state index contributed by atoms with van der Waals surface area (Å²) in [6.07, 6.45) is 2.53. The smallest absolute Gasteiger partial charge is 0.251 e. The van der Waals surface area contributed by atoms with Gasteiger partial charge in [0.25, 0.3) is 5.91 Å². The molecule has 1 unspecified atom stereocenters. The number of methoxy groups -OCH3 is 1. The van der Waals surface area contributed by atoms with Gasteiger partial charge in [-0.1, -0.05) is 0 Å². The summed E-state index contributed by atoms with van der Waals surface area (Å²) in [6, 6.07) is 5.93. The normalized spacial score (nSPS) is 16.0. The number of aryl methyl sites for hydroxylation is 2. The minimum absolute atomic E-state index is 0.0480. The lowest BCUT2D eigenvalue weighted by atomic mass is 10.1. The largest absolute Gasteiger partial charge is 0.494 e. The molecule has 1 atom stereocenters. The zero-order chi connectivity index (χ0) is 21.3. The number of carbonyl (C=O) groups is 1. The molecule has 7 nitrogen and oxygen atoms in total. The topological polar surface area (TPSA) is 80.2 Å². The number of nitrogens with zero attached hydrogens (tertiary/aromatic N) is 4. The van der Waals surface area contributed by atoms with Crippen LogP contribution in [0.3, 0.4) is 0 Å². The van der Waals surface area contributed by atoms with Crippen molar-refractivity contribution in [1.82, 2.24) is 20.3 Å². The van der Waals surface area contributed by atoms with Gasteiger partial charge in [0.1, 0.15) is 0 Å². The maximum Gasteiger partial charge on any atom is 0.251 e. The molecule has 3 aromatic rings. The molecule has 1 fully saturated rings. The van der Waals surface area contributed by atoms with Crippen LogP contribution in [0, 0.1) is 19.7 Å². The lowest BCUT2D eigenvalue weighted by Crippen LogP contribution is -2.37. The van der Waals surface area contributed by atoms with Crippen molar-refractivity contribution in [3.8, 4) is 16.3 Å². The third kappa shape index (κ3) is 4.11. The van der Waals surface area contributed by atoms with Crippen LogP contribution in [0.4, 0.5) is 10.3 Å². The van der Waals surface area contributed by atoms with Crippen molar-refractivity contribution in [1.29, 1.82) is 0 Å². The van der Waals surface area contributed by atoms with Crippen LogP contribution < -0.4 is 15.0 Å². The highest BCUT2D eigenvalue weighted by molar-refractivity contribution is 7.15. The van der Waals surface area contributed by atoms with Gasteiger partial charge in [-0.05, 0) is 44.5 Å². The second-order valence-corrected chi connectivity index (χ2v) is 8.35. The van der Waals surface area contributed by atoms with Gasteiger partial charge in [-0.2, -0.15) is 0 Å². The van der Waals surface area contributed by atoms with E-state index in [1.54, 1.807) is 17.5 Å². The number of anilines is 1. The van der Waals surface area contributed by atoms with E-state index in [1.165, 1.54) is 25.3 Å². The summed E-state index contributed by atoms with van der Waals surface area (Å²) >= 11 is 1.62. The SMILES string of the molecule is COc1cc(C(=O)NC2CCN(c3nccc(-c4sc(C)nc4C)n3)C2)ccc1F. The van der Waals surface area contributed by atoms with Crippen LogP contribution in [0.5, 0.6) is 5.75 Å². The van der Waals surface area contributed by atoms with E-state index in [0.29, 0.717) is 18.1 Å². The summed E-state index contributed by atoms with van der Waals surface area (Å²) in [5.41, 5.74) is 2.18. The standard InChI is InChI=1S/C21H22FN5O2S/c1-12-19(30-13(2)24-12)17-6-8-23-21(26-17)27-9-7-15(11-27)25-20(28)14-4-5-16(22)18(10-14)29-3/h4-6,8,10,15H,7,9,11H2,1-3H3,(H,25,28). The van der Waals surface area contributed by atoms with Gasteiger partial charge in [0.15, 0.2) is 11.6 Å². The molecular formula is C21H22FN5O2S. The summed E-state index contributed by atoms with van der Waals surface area (Å²) in [4.78, 5) is 29.3. The molecule has 30 heavy (non-hydrogen) atoms. The zero-order valence-corrected chi connectivity index (χ0v) is 17.8. The summed E-state index contributed by atoms with van der Waals surface area (Å²) in [6.45, 7) is 5.30. The van der Waals surface area contributed by atoms with Crippen LogP contribution in [-0.4, -0.2) is 47.1 Å². The van der Waals surface area contributed by atoms with Gasteiger partial charge in [-0.15, -0.1) is 11.3 Å². The first kappa shape index (κ1) is 20.2. The average Bonchev–Trinajstić information content (AvgIpc) is 3.34. The van der Waals surface area contributed by atoms with Crippen molar-refractivity contribution in [2.45, 2.75) is 26.3 Å². The molecule has 0 radical (unpaired) electrons. The van der Waals surface area contributed by atoms with Crippen LogP contribution in [-0.2, 0) is 0 Å². The predicted molar refractivity (Wildman–Crippen MR) is 114 cm³/mol. The monoisotopic (exact) mass is 427 g/mol. The number of aromatic nitrogens is 3.